The van der Waals surface area contributed by atoms with E-state index in [4.69, 9.17) is 4.74 Å². The predicted octanol–water partition coefficient (Wildman–Crippen LogP) is 3.17. The summed E-state index contributed by atoms with van der Waals surface area (Å²) in [5, 5.41) is 10.3. The Kier molecular flexibility index (Phi) is 5.37. The van der Waals surface area contributed by atoms with Crippen LogP contribution in [0.15, 0.2) is 41.1 Å². The summed E-state index contributed by atoms with van der Waals surface area (Å²) < 4.78 is 5.64. The molecule has 0 aliphatic carbocycles. The number of ether oxygens (including phenoxy) is 1. The van der Waals surface area contributed by atoms with Gasteiger partial charge in [-0.25, -0.2) is 4.79 Å². The molecule has 1 aliphatic heterocycles. The van der Waals surface area contributed by atoms with Crippen molar-refractivity contribution in [1.82, 2.24) is 15.5 Å². The summed E-state index contributed by atoms with van der Waals surface area (Å²) in [7, 11) is 4.05. The molecule has 0 saturated heterocycles. The van der Waals surface area contributed by atoms with Crippen LogP contribution in [0.3, 0.4) is 0 Å². The summed E-state index contributed by atoms with van der Waals surface area (Å²) in [4.78, 5) is 14.5. The summed E-state index contributed by atoms with van der Waals surface area (Å²) in [6.45, 7) is 1.19. The lowest BCUT2D eigenvalue weighted by Crippen LogP contribution is -2.42. The highest BCUT2D eigenvalue weighted by Crippen LogP contribution is 2.31. The number of urea groups is 1. The molecule has 2 heterocycles. The highest BCUT2D eigenvalue weighted by atomic mass is 32.1. The van der Waals surface area contributed by atoms with E-state index < -0.39 is 0 Å². The first-order valence-electron chi connectivity index (χ1n) is 8.10. The minimum Gasteiger partial charge on any atom is -0.493 e. The molecule has 1 aromatic carbocycles. The SMILES string of the molecule is CN(C)[C@H](CNC(=O)N[C@H]1CCOc2ccccc21)c1ccsc1. The number of nitrogens with one attached hydrogen (secondary N) is 2. The maximum absolute atomic E-state index is 12.3. The van der Waals surface area contributed by atoms with Crippen LogP contribution < -0.4 is 15.4 Å². The first-order valence-corrected chi connectivity index (χ1v) is 9.04. The molecule has 6 heteroatoms. The lowest BCUT2D eigenvalue weighted by molar-refractivity contribution is 0.218. The zero-order valence-corrected chi connectivity index (χ0v) is 14.8. The molecular weight excluding hydrogens is 322 g/mol. The number of amides is 2. The smallest absolute Gasteiger partial charge is 0.315 e. The van der Waals surface area contributed by atoms with E-state index in [1.165, 1.54) is 5.56 Å². The van der Waals surface area contributed by atoms with Crippen molar-refractivity contribution in [3.63, 3.8) is 0 Å². The van der Waals surface area contributed by atoms with Crippen LogP contribution in [0.2, 0.25) is 0 Å². The highest BCUT2D eigenvalue weighted by molar-refractivity contribution is 7.07. The molecule has 24 heavy (non-hydrogen) atoms. The number of benzene rings is 1. The number of hydrogen-bond acceptors (Lipinski definition) is 4. The van der Waals surface area contributed by atoms with Gasteiger partial charge >= 0.3 is 6.03 Å². The number of fused-ring (bicyclic) bond motifs is 1. The van der Waals surface area contributed by atoms with Gasteiger partial charge in [-0.15, -0.1) is 0 Å². The number of thiophene rings is 1. The van der Waals surface area contributed by atoms with Crippen molar-refractivity contribution >= 4 is 17.4 Å². The number of para-hydroxylation sites is 1. The van der Waals surface area contributed by atoms with E-state index in [1.54, 1.807) is 11.3 Å². The summed E-state index contributed by atoms with van der Waals surface area (Å²) in [6.07, 6.45) is 0.784. The van der Waals surface area contributed by atoms with Crippen molar-refractivity contribution in [3.05, 3.63) is 52.2 Å². The second-order valence-electron chi connectivity index (χ2n) is 6.12. The van der Waals surface area contributed by atoms with Gasteiger partial charge in [0.15, 0.2) is 0 Å². The van der Waals surface area contributed by atoms with Crippen molar-refractivity contribution in [3.8, 4) is 5.75 Å². The lowest BCUT2D eigenvalue weighted by Gasteiger charge is -2.28. The molecule has 0 spiro atoms. The second-order valence-corrected chi connectivity index (χ2v) is 6.90. The van der Waals surface area contributed by atoms with Crippen LogP contribution in [0.25, 0.3) is 0 Å². The van der Waals surface area contributed by atoms with Crippen LogP contribution in [0.5, 0.6) is 5.75 Å². The third-order valence-electron chi connectivity index (χ3n) is 4.27. The van der Waals surface area contributed by atoms with Gasteiger partial charge in [0.25, 0.3) is 0 Å². The van der Waals surface area contributed by atoms with Gasteiger partial charge in [-0.3, -0.25) is 0 Å². The van der Waals surface area contributed by atoms with Crippen molar-refractivity contribution in [2.45, 2.75) is 18.5 Å². The summed E-state index contributed by atoms with van der Waals surface area (Å²) in [5.74, 6) is 0.860. The third-order valence-corrected chi connectivity index (χ3v) is 4.97. The number of nitrogens with zero attached hydrogens (tertiary/aromatic N) is 1. The molecule has 0 fully saturated rings. The number of rotatable bonds is 5. The van der Waals surface area contributed by atoms with Crippen molar-refractivity contribution in [2.24, 2.45) is 0 Å². The fourth-order valence-corrected chi connectivity index (χ4v) is 3.66. The highest BCUT2D eigenvalue weighted by Gasteiger charge is 2.23. The minimum absolute atomic E-state index is 0.00564. The van der Waals surface area contributed by atoms with E-state index in [1.807, 2.05) is 38.4 Å². The molecule has 5 nitrogen and oxygen atoms in total. The molecule has 2 N–H and O–H groups in total. The van der Waals surface area contributed by atoms with Crippen molar-refractivity contribution < 1.29 is 9.53 Å². The fourth-order valence-electron chi connectivity index (χ4n) is 2.95. The van der Waals surface area contributed by atoms with Gasteiger partial charge in [-0.05, 0) is 42.6 Å². The van der Waals surface area contributed by atoms with E-state index in [0.29, 0.717) is 13.2 Å². The number of hydrogen-bond donors (Lipinski definition) is 2. The molecule has 2 atom stereocenters. The topological polar surface area (TPSA) is 53.6 Å². The Hall–Kier alpha value is -2.05. The largest absolute Gasteiger partial charge is 0.493 e. The Labute approximate surface area is 146 Å². The monoisotopic (exact) mass is 345 g/mol. The van der Waals surface area contributed by atoms with E-state index in [9.17, 15) is 4.79 Å². The summed E-state index contributed by atoms with van der Waals surface area (Å²) in [6, 6.07) is 10.00. The Morgan fingerprint density at radius 2 is 2.21 bits per heavy atom. The average Bonchev–Trinajstić information content (AvgIpc) is 3.09. The molecule has 128 valence electrons. The van der Waals surface area contributed by atoms with Crippen LogP contribution in [0, 0.1) is 0 Å². The van der Waals surface area contributed by atoms with Crippen LogP contribution in [0.4, 0.5) is 4.79 Å². The van der Waals surface area contributed by atoms with Gasteiger partial charge in [0.1, 0.15) is 5.75 Å². The second kappa shape index (κ2) is 7.68. The Balaban J connectivity index is 1.58. The maximum atomic E-state index is 12.3. The Morgan fingerprint density at radius 3 is 2.96 bits per heavy atom. The van der Waals surface area contributed by atoms with Crippen LogP contribution in [-0.2, 0) is 0 Å². The quantitative estimate of drug-likeness (QED) is 0.875. The molecule has 0 bridgehead atoms. The zero-order valence-electron chi connectivity index (χ0n) is 14.0. The standard InChI is InChI=1S/C18H23N3O2S/c1-21(2)16(13-8-10-24-12-13)11-19-18(22)20-15-7-9-23-17-6-4-3-5-14(15)17/h3-6,8,10,12,15-16H,7,9,11H2,1-2H3,(H2,19,20,22)/t15-,16+/m0/s1. The van der Waals surface area contributed by atoms with E-state index in [2.05, 4.69) is 32.4 Å². The third kappa shape index (κ3) is 3.88. The van der Waals surface area contributed by atoms with Crippen molar-refractivity contribution in [2.75, 3.05) is 27.2 Å². The van der Waals surface area contributed by atoms with E-state index >= 15 is 0 Å². The first-order chi connectivity index (χ1) is 11.6. The number of carbonyl (C=O) groups is 1. The van der Waals surface area contributed by atoms with Gasteiger partial charge in [0.05, 0.1) is 18.7 Å². The minimum atomic E-state index is -0.140. The number of likely N-dealkylation sites (N-methyl/N-ethyl adjacent to an activating group) is 1. The normalized spacial score (nSPS) is 17.7. The zero-order chi connectivity index (χ0) is 16.9. The molecular formula is C18H23N3O2S. The first kappa shape index (κ1) is 16.8. The molecule has 0 saturated carbocycles. The molecule has 3 rings (SSSR count). The van der Waals surface area contributed by atoms with Crippen LogP contribution in [0.1, 0.15) is 29.6 Å². The molecule has 1 aromatic heterocycles. The Bertz CT molecular complexity index is 673. The van der Waals surface area contributed by atoms with Gasteiger partial charge < -0.3 is 20.3 Å². The molecule has 0 unspecified atom stereocenters. The molecule has 2 aromatic rings. The average molecular weight is 345 g/mol. The van der Waals surface area contributed by atoms with Gasteiger partial charge in [0.2, 0.25) is 0 Å². The van der Waals surface area contributed by atoms with E-state index in [-0.39, 0.29) is 18.1 Å². The lowest BCUT2D eigenvalue weighted by atomic mass is 10.0. The fraction of sp³-hybridized carbons (Fsp3) is 0.389. The van der Waals surface area contributed by atoms with Gasteiger partial charge in [0, 0.05) is 18.5 Å². The number of carbonyl (C=O) groups excluding carboxylic acids is 1. The maximum Gasteiger partial charge on any atom is 0.315 e. The summed E-state index contributed by atoms with van der Waals surface area (Å²) in [5.41, 5.74) is 2.27. The molecule has 2 amide bonds. The van der Waals surface area contributed by atoms with E-state index in [0.717, 1.165) is 17.7 Å². The summed E-state index contributed by atoms with van der Waals surface area (Å²) >= 11 is 1.67. The van der Waals surface area contributed by atoms with Crippen molar-refractivity contribution in [1.29, 1.82) is 0 Å². The van der Waals surface area contributed by atoms with Gasteiger partial charge in [-0.1, -0.05) is 18.2 Å². The van der Waals surface area contributed by atoms with Crippen LogP contribution >= 0.6 is 11.3 Å². The Morgan fingerprint density at radius 1 is 1.38 bits per heavy atom. The molecule has 1 aliphatic rings. The van der Waals surface area contributed by atoms with Gasteiger partial charge in [-0.2, -0.15) is 11.3 Å². The molecule has 0 radical (unpaired) electrons. The van der Waals surface area contributed by atoms with Crippen LogP contribution in [-0.4, -0.2) is 38.2 Å². The predicted molar refractivity (Wildman–Crippen MR) is 96.6 cm³/mol.